The lowest BCUT2D eigenvalue weighted by Crippen LogP contribution is -2.47. The number of nitrogens with one attached hydrogen (secondary N) is 2. The van der Waals surface area contributed by atoms with E-state index < -0.39 is 38.3 Å². The minimum absolute atomic E-state index is 0.0482. The van der Waals surface area contributed by atoms with Crippen LogP contribution in [-0.2, 0) is 16.4 Å². The predicted molar refractivity (Wildman–Crippen MR) is 265 cm³/mol. The van der Waals surface area contributed by atoms with Gasteiger partial charge in [0.1, 0.15) is 17.1 Å². The number of aliphatic hydroxyl groups is 1. The van der Waals surface area contributed by atoms with E-state index >= 15 is 0 Å². The molecule has 1 aliphatic carbocycles. The highest BCUT2D eigenvalue weighted by atomic mass is 35.5. The largest absolute Gasteiger partial charge is 0.455 e. The van der Waals surface area contributed by atoms with Crippen molar-refractivity contribution in [1.29, 1.82) is 0 Å². The van der Waals surface area contributed by atoms with Crippen LogP contribution in [-0.4, -0.2) is 128 Å². The van der Waals surface area contributed by atoms with E-state index in [-0.39, 0.29) is 35.7 Å². The van der Waals surface area contributed by atoms with Crippen molar-refractivity contribution in [3.8, 4) is 11.5 Å². The molecular formula is C49H59ClN7O7PS. The molecule has 1 unspecified atom stereocenters. The molecule has 0 spiro atoms. The van der Waals surface area contributed by atoms with Crippen LogP contribution in [0.4, 0.5) is 11.4 Å². The molecule has 0 bridgehead atoms. The Hall–Kier alpha value is -5.02. The van der Waals surface area contributed by atoms with Crippen molar-refractivity contribution in [2.45, 2.75) is 44.4 Å². The molecule has 2 fully saturated rings. The third-order valence-electron chi connectivity index (χ3n) is 13.3. The Balaban J connectivity index is 0.993. The number of rotatable bonds is 15. The van der Waals surface area contributed by atoms with Crippen molar-refractivity contribution >= 4 is 68.7 Å². The number of nitro benzene ring substituents is 1. The Morgan fingerprint density at radius 3 is 2.48 bits per heavy atom. The molecule has 1 amide bonds. The quantitative estimate of drug-likeness (QED) is 0.0523. The molecule has 1 atom stereocenters. The summed E-state index contributed by atoms with van der Waals surface area (Å²) in [5, 5.41) is 24.1. The highest BCUT2D eigenvalue weighted by molar-refractivity contribution is 7.90. The van der Waals surface area contributed by atoms with Crippen molar-refractivity contribution in [3.63, 3.8) is 0 Å². The maximum absolute atomic E-state index is 14.0. The Bertz CT molecular complexity index is 2790. The normalized spacial score (nSPS) is 18.6. The zero-order valence-corrected chi connectivity index (χ0v) is 40.3. The molecule has 0 radical (unpaired) electrons. The summed E-state index contributed by atoms with van der Waals surface area (Å²) in [5.74, 6) is -0.796. The summed E-state index contributed by atoms with van der Waals surface area (Å²) in [6.45, 7) is 11.8. The van der Waals surface area contributed by atoms with E-state index in [0.717, 1.165) is 86.5 Å². The van der Waals surface area contributed by atoms with Gasteiger partial charge in [-0.2, -0.15) is 0 Å². The van der Waals surface area contributed by atoms with Crippen LogP contribution in [0.25, 0.3) is 16.6 Å². The maximum Gasteiger partial charge on any atom is 0.273 e. The van der Waals surface area contributed by atoms with E-state index in [4.69, 9.17) is 16.3 Å². The van der Waals surface area contributed by atoms with E-state index in [1.54, 1.807) is 30.5 Å². The molecule has 350 valence electrons. The first-order valence-corrected chi connectivity index (χ1v) is 27.2. The number of piperazine rings is 1. The molecule has 4 heterocycles. The Morgan fingerprint density at radius 1 is 1.03 bits per heavy atom. The number of fused-ring (bicyclic) bond motifs is 1. The number of ether oxygens (including phenoxy) is 1. The van der Waals surface area contributed by atoms with Gasteiger partial charge in [0.15, 0.2) is 0 Å². The predicted octanol–water partition coefficient (Wildman–Crippen LogP) is 8.37. The van der Waals surface area contributed by atoms with Gasteiger partial charge in [-0.05, 0) is 110 Å². The number of aromatic amines is 1. The number of allylic oxidation sites excluding steroid dienone is 1. The number of carbonyl (C=O) groups excluding carboxylic acids is 1. The molecule has 3 aliphatic rings. The minimum Gasteiger partial charge on any atom is -0.455 e. The van der Waals surface area contributed by atoms with Gasteiger partial charge in [0.2, 0.25) is 0 Å². The molecular weight excluding hydrogens is 897 g/mol. The first-order valence-electron chi connectivity index (χ1n) is 22.5. The van der Waals surface area contributed by atoms with Crippen molar-refractivity contribution in [3.05, 3.63) is 123 Å². The number of nitrogens with zero attached hydrogens (tertiary/aromatic N) is 5. The van der Waals surface area contributed by atoms with Crippen LogP contribution < -0.4 is 14.4 Å². The van der Waals surface area contributed by atoms with Gasteiger partial charge in [0.05, 0.1) is 21.6 Å². The van der Waals surface area contributed by atoms with Crippen molar-refractivity contribution in [1.82, 2.24) is 24.5 Å². The van der Waals surface area contributed by atoms with Crippen molar-refractivity contribution < 1.29 is 28.0 Å². The van der Waals surface area contributed by atoms with Gasteiger partial charge in [-0.15, -0.1) is 13.2 Å². The Morgan fingerprint density at radius 2 is 1.77 bits per heavy atom. The van der Waals surface area contributed by atoms with Crippen LogP contribution in [0.5, 0.6) is 11.5 Å². The first kappa shape index (κ1) is 47.5. The molecule has 3 N–H and O–H groups in total. The van der Waals surface area contributed by atoms with E-state index in [0.29, 0.717) is 36.6 Å². The SMILES string of the molecule is C=P1(C)CCN(CC(CO)Cc2ccc(S(=O)(=O)NC(=O)c3ccc(N4CCN(CC5=C(c6ccc(Cl)cc6)CC(C)(C)CC5)CC4)cc3Oc3cnc4[nH]ccc4c3)cc2[N+](=O)[O-])CC1. The summed E-state index contributed by atoms with van der Waals surface area (Å²) in [6, 6.07) is 20.5. The maximum atomic E-state index is 14.0. The molecule has 3 aromatic carbocycles. The Labute approximate surface area is 392 Å². The lowest BCUT2D eigenvalue weighted by atomic mass is 9.72. The van der Waals surface area contributed by atoms with Crippen LogP contribution >= 0.6 is 18.5 Å². The number of halogens is 1. The number of benzene rings is 3. The lowest BCUT2D eigenvalue weighted by Gasteiger charge is -2.39. The average molecular weight is 957 g/mol. The number of sulfonamides is 1. The lowest BCUT2D eigenvalue weighted by molar-refractivity contribution is -0.385. The van der Waals surface area contributed by atoms with E-state index in [2.05, 4.69) is 68.3 Å². The van der Waals surface area contributed by atoms with Crippen LogP contribution in [0.15, 0.2) is 95.7 Å². The fourth-order valence-corrected chi connectivity index (χ4v) is 12.2. The molecule has 17 heteroatoms. The summed E-state index contributed by atoms with van der Waals surface area (Å²) >= 11 is 6.25. The smallest absolute Gasteiger partial charge is 0.273 e. The highest BCUT2D eigenvalue weighted by Crippen LogP contribution is 2.44. The molecule has 14 nitrogen and oxygen atoms in total. The van der Waals surface area contributed by atoms with Crippen LogP contribution in [0.2, 0.25) is 5.02 Å². The molecule has 2 saturated heterocycles. The number of anilines is 1. The van der Waals surface area contributed by atoms with Gasteiger partial charge in [-0.3, -0.25) is 19.8 Å². The number of aliphatic hydroxyl groups excluding tert-OH is 1. The molecule has 8 rings (SSSR count). The topological polar surface area (TPSA) is 174 Å². The fourth-order valence-electron chi connectivity index (χ4n) is 9.30. The highest BCUT2D eigenvalue weighted by Gasteiger charge is 2.31. The van der Waals surface area contributed by atoms with Crippen LogP contribution in [0.3, 0.4) is 0 Å². The second-order valence-corrected chi connectivity index (χ2v) is 25.4. The van der Waals surface area contributed by atoms with Gasteiger partial charge in [0, 0.05) is 99.0 Å². The van der Waals surface area contributed by atoms with Gasteiger partial charge in [-0.1, -0.05) is 49.2 Å². The summed E-state index contributed by atoms with van der Waals surface area (Å²) < 4.78 is 36.1. The third kappa shape index (κ3) is 11.4. The first-order chi connectivity index (χ1) is 31.4. The molecule has 2 aliphatic heterocycles. The fraction of sp³-hybridized carbons (Fsp3) is 0.408. The van der Waals surface area contributed by atoms with Crippen molar-refractivity contribution in [2.24, 2.45) is 11.3 Å². The minimum atomic E-state index is -4.60. The monoisotopic (exact) mass is 955 g/mol. The van der Waals surface area contributed by atoms with E-state index in [1.165, 1.54) is 35.0 Å². The van der Waals surface area contributed by atoms with Gasteiger partial charge in [0.25, 0.3) is 21.6 Å². The molecule has 66 heavy (non-hydrogen) atoms. The average Bonchev–Trinajstić information content (AvgIpc) is 3.76. The molecule has 5 aromatic rings. The number of pyridine rings is 1. The second kappa shape index (κ2) is 19.7. The summed E-state index contributed by atoms with van der Waals surface area (Å²) in [6.07, 6.45) is 13.1. The number of aromatic nitrogens is 2. The molecule has 0 saturated carbocycles. The number of hydrogen-bond donors (Lipinski definition) is 3. The summed E-state index contributed by atoms with van der Waals surface area (Å²) in [5.41, 5.74) is 5.62. The molecule has 2 aromatic heterocycles. The number of H-pyrrole nitrogens is 1. The summed E-state index contributed by atoms with van der Waals surface area (Å²) in [4.78, 5) is 39.7. The third-order valence-corrected chi connectivity index (χ3v) is 17.5. The standard InChI is InChI=1S/C49H59ClN7O7PS/c1-49(2)15-13-38(44(29-49)35-5-8-39(50)9-6-35)32-54-17-19-56(20-18-54)40-10-12-43(46(27-40)64-41-26-37-14-16-51-47(37)52-30-41)48(59)53-66(62,63)42-11-7-36(45(28-42)57(60)61)25-34(33-58)31-55-21-23-65(3,4)24-22-55/h5-12,14,16,26-28,30,34,58H,3,13,15,17-25,29,31-33H2,1-2,4H3,(H,51,52)(H,53,59). The Kier molecular flexibility index (Phi) is 14.2. The van der Waals surface area contributed by atoms with Gasteiger partial charge in [-0.25, -0.2) is 18.1 Å². The summed E-state index contributed by atoms with van der Waals surface area (Å²) in [7, 11) is -4.60. The van der Waals surface area contributed by atoms with Crippen LogP contribution in [0.1, 0.15) is 54.6 Å². The number of nitro groups is 1. The zero-order valence-electron chi connectivity index (χ0n) is 37.8. The van der Waals surface area contributed by atoms with E-state index in [9.17, 15) is 28.4 Å². The number of amides is 1. The zero-order chi connectivity index (χ0) is 46.8. The second-order valence-electron chi connectivity index (χ2n) is 19.2. The number of carbonyl (C=O) groups is 1. The van der Waals surface area contributed by atoms with Crippen LogP contribution in [0, 0.1) is 21.4 Å². The number of hydrogen-bond acceptors (Lipinski definition) is 11. The van der Waals surface area contributed by atoms with E-state index in [1.807, 2.05) is 18.2 Å². The van der Waals surface area contributed by atoms with Crippen molar-refractivity contribution in [2.75, 3.05) is 82.9 Å². The van der Waals surface area contributed by atoms with Gasteiger partial charge >= 0.3 is 0 Å². The van der Waals surface area contributed by atoms with Gasteiger partial charge < -0.3 is 24.6 Å².